The third-order valence-corrected chi connectivity index (χ3v) is 2.06. The van der Waals surface area contributed by atoms with Gasteiger partial charge in [-0.15, -0.1) is 0 Å². The van der Waals surface area contributed by atoms with Crippen LogP contribution in [0.4, 0.5) is 4.39 Å². The summed E-state index contributed by atoms with van der Waals surface area (Å²) < 4.78 is 12.7. The molecule has 1 aromatic rings. The van der Waals surface area contributed by atoms with Crippen LogP contribution >= 0.6 is 0 Å². The van der Waals surface area contributed by atoms with E-state index >= 15 is 0 Å². The van der Waals surface area contributed by atoms with Gasteiger partial charge in [-0.05, 0) is 37.5 Å². The van der Waals surface area contributed by atoms with E-state index in [1.807, 2.05) is 0 Å². The van der Waals surface area contributed by atoms with Crippen molar-refractivity contribution in [3.63, 3.8) is 0 Å². The minimum atomic E-state index is -1.31. The third-order valence-electron chi connectivity index (χ3n) is 2.06. The zero-order chi connectivity index (χ0) is 10.6. The number of hydrogen-bond acceptors (Lipinski definition) is 2. The molecular formula is C11H13FO2. The van der Waals surface area contributed by atoms with Gasteiger partial charge >= 0.3 is 0 Å². The molecule has 0 aliphatic carbocycles. The highest BCUT2D eigenvalue weighted by Gasteiger charge is 2.18. The van der Waals surface area contributed by atoms with Crippen LogP contribution in [-0.2, 0) is 11.2 Å². The summed E-state index contributed by atoms with van der Waals surface area (Å²) in [5, 5.41) is 9.39. The first-order valence-electron chi connectivity index (χ1n) is 4.47. The van der Waals surface area contributed by atoms with Crippen LogP contribution in [0.3, 0.4) is 0 Å². The number of carbonyl (C=O) groups is 1. The van der Waals surface area contributed by atoms with Crippen molar-refractivity contribution in [2.45, 2.75) is 25.4 Å². The molecule has 1 aromatic carbocycles. The lowest BCUT2D eigenvalue weighted by Crippen LogP contribution is -2.26. The van der Waals surface area contributed by atoms with Gasteiger partial charge in [0.2, 0.25) is 0 Å². The van der Waals surface area contributed by atoms with Gasteiger partial charge in [0.25, 0.3) is 0 Å². The van der Waals surface area contributed by atoms with Gasteiger partial charge in [0.05, 0.1) is 0 Å². The Morgan fingerprint density at radius 1 is 1.57 bits per heavy atom. The number of carbonyl (C=O) groups excluding carboxylic acids is 1. The van der Waals surface area contributed by atoms with Crippen LogP contribution in [0.15, 0.2) is 24.3 Å². The molecule has 0 heterocycles. The van der Waals surface area contributed by atoms with Gasteiger partial charge in [0.15, 0.2) is 6.29 Å². The summed E-state index contributed by atoms with van der Waals surface area (Å²) in [5.74, 6) is -0.298. The average molecular weight is 196 g/mol. The Bertz CT molecular complexity index is 321. The number of aryl methyl sites for hydroxylation is 1. The Labute approximate surface area is 82.4 Å². The standard InChI is InChI=1S/C11H13FO2/c1-11(14,8-13)6-5-9-3-2-4-10(12)7-9/h2-4,7-8,14H,5-6H2,1H3. The Balaban J connectivity index is 2.58. The molecule has 0 fully saturated rings. The fourth-order valence-corrected chi connectivity index (χ4v) is 1.15. The number of rotatable bonds is 4. The van der Waals surface area contributed by atoms with Crippen LogP contribution in [0.5, 0.6) is 0 Å². The highest BCUT2D eigenvalue weighted by Crippen LogP contribution is 2.12. The van der Waals surface area contributed by atoms with E-state index in [1.54, 1.807) is 12.1 Å². The largest absolute Gasteiger partial charge is 0.383 e. The second-order valence-electron chi connectivity index (χ2n) is 3.60. The van der Waals surface area contributed by atoms with Crippen molar-refractivity contribution in [3.8, 4) is 0 Å². The highest BCUT2D eigenvalue weighted by molar-refractivity contribution is 5.61. The van der Waals surface area contributed by atoms with Crippen molar-refractivity contribution in [1.29, 1.82) is 0 Å². The molecule has 1 atom stereocenters. The maximum atomic E-state index is 12.7. The molecule has 1 rings (SSSR count). The average Bonchev–Trinajstić information content (AvgIpc) is 2.15. The Morgan fingerprint density at radius 3 is 2.86 bits per heavy atom. The molecule has 0 bridgehead atoms. The van der Waals surface area contributed by atoms with Crippen LogP contribution in [0.2, 0.25) is 0 Å². The summed E-state index contributed by atoms with van der Waals surface area (Å²) in [6.07, 6.45) is 1.30. The van der Waals surface area contributed by atoms with Gasteiger partial charge < -0.3 is 9.90 Å². The molecule has 0 aliphatic heterocycles. The molecule has 1 N–H and O–H groups in total. The smallest absolute Gasteiger partial charge is 0.151 e. The van der Waals surface area contributed by atoms with E-state index in [-0.39, 0.29) is 5.82 Å². The van der Waals surface area contributed by atoms with Crippen LogP contribution in [-0.4, -0.2) is 17.0 Å². The summed E-state index contributed by atoms with van der Waals surface area (Å²) in [6, 6.07) is 6.15. The minimum Gasteiger partial charge on any atom is -0.383 e. The monoisotopic (exact) mass is 196 g/mol. The van der Waals surface area contributed by atoms with Crippen molar-refractivity contribution >= 4 is 6.29 Å². The molecule has 0 saturated carbocycles. The van der Waals surface area contributed by atoms with Crippen LogP contribution in [0.1, 0.15) is 18.9 Å². The van der Waals surface area contributed by atoms with Crippen LogP contribution in [0.25, 0.3) is 0 Å². The molecule has 0 aromatic heterocycles. The molecule has 2 nitrogen and oxygen atoms in total. The number of hydrogen-bond donors (Lipinski definition) is 1. The molecule has 14 heavy (non-hydrogen) atoms. The molecule has 1 unspecified atom stereocenters. The number of aldehydes is 1. The number of benzene rings is 1. The van der Waals surface area contributed by atoms with Crippen molar-refractivity contribution in [3.05, 3.63) is 35.6 Å². The lowest BCUT2D eigenvalue weighted by Gasteiger charge is -2.14. The molecule has 0 amide bonds. The topological polar surface area (TPSA) is 37.3 Å². The van der Waals surface area contributed by atoms with E-state index < -0.39 is 5.60 Å². The van der Waals surface area contributed by atoms with E-state index in [1.165, 1.54) is 19.1 Å². The lowest BCUT2D eigenvalue weighted by atomic mass is 9.98. The van der Waals surface area contributed by atoms with Gasteiger partial charge in [-0.2, -0.15) is 0 Å². The van der Waals surface area contributed by atoms with Crippen LogP contribution in [0, 0.1) is 5.82 Å². The molecule has 76 valence electrons. The Kier molecular flexibility index (Phi) is 3.36. The molecule has 0 aliphatic rings. The summed E-state index contributed by atoms with van der Waals surface area (Å²) in [5.41, 5.74) is -0.529. The molecule has 0 radical (unpaired) electrons. The van der Waals surface area contributed by atoms with E-state index in [0.29, 0.717) is 19.1 Å². The van der Waals surface area contributed by atoms with Gasteiger partial charge in [0, 0.05) is 0 Å². The summed E-state index contributed by atoms with van der Waals surface area (Å²) in [6.45, 7) is 1.44. The van der Waals surface area contributed by atoms with E-state index in [9.17, 15) is 14.3 Å². The van der Waals surface area contributed by atoms with E-state index in [0.717, 1.165) is 5.56 Å². The molecule has 0 saturated heterocycles. The fourth-order valence-electron chi connectivity index (χ4n) is 1.15. The summed E-state index contributed by atoms with van der Waals surface area (Å²) in [7, 11) is 0. The van der Waals surface area contributed by atoms with Gasteiger partial charge in [-0.25, -0.2) is 4.39 Å². The van der Waals surface area contributed by atoms with Crippen LogP contribution < -0.4 is 0 Å². The Morgan fingerprint density at radius 2 is 2.29 bits per heavy atom. The number of halogens is 1. The van der Waals surface area contributed by atoms with Crippen molar-refractivity contribution in [1.82, 2.24) is 0 Å². The number of aliphatic hydroxyl groups is 1. The fraction of sp³-hybridized carbons (Fsp3) is 0.364. The highest BCUT2D eigenvalue weighted by atomic mass is 19.1. The maximum absolute atomic E-state index is 12.7. The zero-order valence-corrected chi connectivity index (χ0v) is 8.03. The minimum absolute atomic E-state index is 0.298. The van der Waals surface area contributed by atoms with Crippen molar-refractivity contribution in [2.24, 2.45) is 0 Å². The molecule has 0 spiro atoms. The molecule has 3 heteroatoms. The predicted octanol–water partition coefficient (Wildman–Crippen LogP) is 1.71. The van der Waals surface area contributed by atoms with Gasteiger partial charge in [-0.3, -0.25) is 0 Å². The summed E-state index contributed by atoms with van der Waals surface area (Å²) >= 11 is 0. The van der Waals surface area contributed by atoms with E-state index in [4.69, 9.17) is 0 Å². The second-order valence-corrected chi connectivity index (χ2v) is 3.60. The quantitative estimate of drug-likeness (QED) is 0.744. The SMILES string of the molecule is CC(O)(C=O)CCc1cccc(F)c1. The van der Waals surface area contributed by atoms with Crippen molar-refractivity contribution < 1.29 is 14.3 Å². The first kappa shape index (κ1) is 10.9. The van der Waals surface area contributed by atoms with Crippen molar-refractivity contribution in [2.75, 3.05) is 0 Å². The summed E-state index contributed by atoms with van der Waals surface area (Å²) in [4.78, 5) is 10.4. The van der Waals surface area contributed by atoms with E-state index in [2.05, 4.69) is 0 Å². The predicted molar refractivity (Wildman–Crippen MR) is 51.4 cm³/mol. The molecular weight excluding hydrogens is 183 g/mol. The Hall–Kier alpha value is -1.22. The third kappa shape index (κ3) is 3.26. The second kappa shape index (κ2) is 4.33. The first-order valence-corrected chi connectivity index (χ1v) is 4.47. The zero-order valence-electron chi connectivity index (χ0n) is 8.03. The normalized spacial score (nSPS) is 14.8. The van der Waals surface area contributed by atoms with Gasteiger partial charge in [0.1, 0.15) is 11.4 Å². The lowest BCUT2D eigenvalue weighted by molar-refractivity contribution is -0.122. The first-order chi connectivity index (χ1) is 6.53. The van der Waals surface area contributed by atoms with Gasteiger partial charge in [-0.1, -0.05) is 12.1 Å². The maximum Gasteiger partial charge on any atom is 0.151 e.